The lowest BCUT2D eigenvalue weighted by atomic mass is 10.2. The molecule has 1 saturated heterocycles. The van der Waals surface area contributed by atoms with E-state index < -0.39 is 4.92 Å². The van der Waals surface area contributed by atoms with Gasteiger partial charge in [-0.25, -0.2) is 0 Å². The normalized spacial score (nSPS) is 18.9. The van der Waals surface area contributed by atoms with E-state index in [0.29, 0.717) is 25.4 Å². The molecule has 0 radical (unpaired) electrons. The lowest BCUT2D eigenvalue weighted by molar-refractivity contribution is -0.386. The third-order valence-electron chi connectivity index (χ3n) is 3.27. The Morgan fingerprint density at radius 3 is 2.95 bits per heavy atom. The Bertz CT molecular complexity index is 507. The first-order chi connectivity index (χ1) is 10.0. The molecule has 1 heterocycles. The first-order valence-corrected chi connectivity index (χ1v) is 7.03. The average Bonchev–Trinajstić information content (AvgIpc) is 2.46. The molecular weight excluding hydrogens is 274 g/mol. The highest BCUT2D eigenvalue weighted by Gasteiger charge is 2.23. The van der Waals surface area contributed by atoms with Crippen LogP contribution in [0.3, 0.4) is 0 Å². The number of nitro groups is 1. The molecule has 21 heavy (non-hydrogen) atoms. The van der Waals surface area contributed by atoms with Crippen molar-refractivity contribution in [2.75, 3.05) is 31.1 Å². The maximum Gasteiger partial charge on any atom is 0.311 e. The number of hydrogen-bond acceptors (Lipinski definition) is 6. The van der Waals surface area contributed by atoms with Crippen LogP contribution in [0.25, 0.3) is 0 Å². The Morgan fingerprint density at radius 1 is 1.57 bits per heavy atom. The van der Waals surface area contributed by atoms with E-state index in [1.165, 1.54) is 6.07 Å². The van der Waals surface area contributed by atoms with E-state index in [4.69, 9.17) is 15.2 Å². The van der Waals surface area contributed by atoms with Gasteiger partial charge in [0.05, 0.1) is 23.7 Å². The van der Waals surface area contributed by atoms with Crippen molar-refractivity contribution in [2.24, 2.45) is 5.73 Å². The van der Waals surface area contributed by atoms with Crippen LogP contribution in [0.1, 0.15) is 13.8 Å². The molecule has 116 valence electrons. The Kier molecular flexibility index (Phi) is 4.98. The van der Waals surface area contributed by atoms with E-state index in [1.807, 2.05) is 13.8 Å². The molecule has 1 aliphatic rings. The minimum absolute atomic E-state index is 0.0107. The smallest absolute Gasteiger partial charge is 0.311 e. The predicted octanol–water partition coefficient (Wildman–Crippen LogP) is 1.55. The van der Waals surface area contributed by atoms with Gasteiger partial charge in [0.25, 0.3) is 0 Å². The molecule has 7 heteroatoms. The number of nitrogens with zero attached hydrogens (tertiary/aromatic N) is 2. The van der Waals surface area contributed by atoms with Crippen LogP contribution in [0.4, 0.5) is 11.4 Å². The highest BCUT2D eigenvalue weighted by molar-refractivity contribution is 5.59. The largest absolute Gasteiger partial charge is 0.484 e. The number of anilines is 1. The average molecular weight is 295 g/mol. The van der Waals surface area contributed by atoms with Crippen molar-refractivity contribution in [3.05, 3.63) is 28.3 Å². The van der Waals surface area contributed by atoms with E-state index in [9.17, 15) is 10.1 Å². The highest BCUT2D eigenvalue weighted by atomic mass is 16.6. The lowest BCUT2D eigenvalue weighted by Crippen LogP contribution is -2.45. The Balaban J connectivity index is 2.26. The predicted molar refractivity (Wildman–Crippen MR) is 79.9 cm³/mol. The summed E-state index contributed by atoms with van der Waals surface area (Å²) in [5.74, 6) is 0.295. The fraction of sp³-hybridized carbons (Fsp3) is 0.571. The molecule has 1 aliphatic heterocycles. The number of ether oxygens (including phenoxy) is 2. The fourth-order valence-electron chi connectivity index (χ4n) is 2.30. The summed E-state index contributed by atoms with van der Waals surface area (Å²) in [4.78, 5) is 12.7. The topological polar surface area (TPSA) is 90.9 Å². The number of nitro benzene ring substituents is 1. The van der Waals surface area contributed by atoms with Crippen molar-refractivity contribution >= 4 is 11.4 Å². The standard InChI is InChI=1S/C14H21N3O4/c1-10(2)21-14-7-11(3-4-13(14)17(18)19)16-5-6-20-12(8-15)9-16/h3-4,7,10,12H,5-6,8-9,15H2,1-2H3. The molecule has 0 bridgehead atoms. The monoisotopic (exact) mass is 295 g/mol. The van der Waals surface area contributed by atoms with Crippen molar-refractivity contribution in [2.45, 2.75) is 26.1 Å². The molecule has 2 N–H and O–H groups in total. The summed E-state index contributed by atoms with van der Waals surface area (Å²) in [5, 5.41) is 11.1. The molecule has 1 aromatic rings. The number of benzene rings is 1. The van der Waals surface area contributed by atoms with Crippen LogP contribution in [-0.4, -0.2) is 43.4 Å². The van der Waals surface area contributed by atoms with E-state index in [1.54, 1.807) is 12.1 Å². The van der Waals surface area contributed by atoms with Crippen molar-refractivity contribution in [1.82, 2.24) is 0 Å². The maximum atomic E-state index is 11.1. The molecule has 7 nitrogen and oxygen atoms in total. The van der Waals surface area contributed by atoms with Crippen LogP contribution in [0.2, 0.25) is 0 Å². The molecule has 0 amide bonds. The lowest BCUT2D eigenvalue weighted by Gasteiger charge is -2.34. The van der Waals surface area contributed by atoms with Crippen molar-refractivity contribution < 1.29 is 14.4 Å². The van der Waals surface area contributed by atoms with Gasteiger partial charge in [0.1, 0.15) is 0 Å². The third kappa shape index (κ3) is 3.83. The summed E-state index contributed by atoms with van der Waals surface area (Å²) in [6.45, 7) is 6.15. The fourth-order valence-corrected chi connectivity index (χ4v) is 2.30. The highest BCUT2D eigenvalue weighted by Crippen LogP contribution is 2.33. The van der Waals surface area contributed by atoms with Gasteiger partial charge >= 0.3 is 5.69 Å². The van der Waals surface area contributed by atoms with Gasteiger partial charge in [-0.3, -0.25) is 10.1 Å². The Hall–Kier alpha value is -1.86. The summed E-state index contributed by atoms with van der Waals surface area (Å²) < 4.78 is 11.1. The molecule has 0 spiro atoms. The molecule has 2 rings (SSSR count). The number of nitrogens with two attached hydrogens (primary N) is 1. The van der Waals surface area contributed by atoms with E-state index in [0.717, 1.165) is 12.2 Å². The van der Waals surface area contributed by atoms with Crippen LogP contribution < -0.4 is 15.4 Å². The van der Waals surface area contributed by atoms with Gasteiger partial charge in [-0.2, -0.15) is 0 Å². The number of rotatable bonds is 5. The van der Waals surface area contributed by atoms with Gasteiger partial charge in [0.2, 0.25) is 0 Å². The summed E-state index contributed by atoms with van der Waals surface area (Å²) in [6.07, 6.45) is -0.135. The van der Waals surface area contributed by atoms with Crippen molar-refractivity contribution in [1.29, 1.82) is 0 Å². The van der Waals surface area contributed by atoms with E-state index in [2.05, 4.69) is 4.90 Å². The quantitative estimate of drug-likeness (QED) is 0.654. The zero-order valence-corrected chi connectivity index (χ0v) is 12.3. The minimum Gasteiger partial charge on any atom is -0.484 e. The Morgan fingerprint density at radius 2 is 2.33 bits per heavy atom. The van der Waals surface area contributed by atoms with Crippen molar-refractivity contribution in [3.63, 3.8) is 0 Å². The molecule has 0 saturated carbocycles. The summed E-state index contributed by atoms with van der Waals surface area (Å²) >= 11 is 0. The van der Waals surface area contributed by atoms with Crippen LogP contribution in [0, 0.1) is 10.1 Å². The van der Waals surface area contributed by atoms with Gasteiger partial charge in [0, 0.05) is 37.5 Å². The van der Waals surface area contributed by atoms with Crippen LogP contribution in [0.5, 0.6) is 5.75 Å². The summed E-state index contributed by atoms with van der Waals surface area (Å²) in [6, 6.07) is 4.95. The van der Waals surface area contributed by atoms with E-state index >= 15 is 0 Å². The van der Waals surface area contributed by atoms with Crippen LogP contribution >= 0.6 is 0 Å². The van der Waals surface area contributed by atoms with Crippen LogP contribution in [-0.2, 0) is 4.74 Å². The maximum absolute atomic E-state index is 11.1. The molecule has 1 atom stereocenters. The number of morpholine rings is 1. The molecule has 1 aromatic carbocycles. The molecule has 0 aliphatic carbocycles. The first-order valence-electron chi connectivity index (χ1n) is 7.03. The summed E-state index contributed by atoms with van der Waals surface area (Å²) in [7, 11) is 0. The van der Waals surface area contributed by atoms with Gasteiger partial charge < -0.3 is 20.1 Å². The van der Waals surface area contributed by atoms with Gasteiger partial charge in [-0.1, -0.05) is 0 Å². The molecular formula is C14H21N3O4. The SMILES string of the molecule is CC(C)Oc1cc(N2CCOC(CN)C2)ccc1[N+](=O)[O-]. The Labute approximate surface area is 123 Å². The third-order valence-corrected chi connectivity index (χ3v) is 3.27. The first kappa shape index (κ1) is 15.5. The molecule has 1 unspecified atom stereocenters. The zero-order chi connectivity index (χ0) is 15.4. The summed E-state index contributed by atoms with van der Waals surface area (Å²) in [5.41, 5.74) is 6.51. The van der Waals surface area contributed by atoms with E-state index in [-0.39, 0.29) is 17.9 Å². The molecule has 1 fully saturated rings. The van der Waals surface area contributed by atoms with Gasteiger partial charge in [-0.05, 0) is 19.9 Å². The van der Waals surface area contributed by atoms with Crippen LogP contribution in [0.15, 0.2) is 18.2 Å². The second kappa shape index (κ2) is 6.73. The second-order valence-corrected chi connectivity index (χ2v) is 5.25. The van der Waals surface area contributed by atoms with Gasteiger partial charge in [0.15, 0.2) is 5.75 Å². The zero-order valence-electron chi connectivity index (χ0n) is 12.3. The van der Waals surface area contributed by atoms with Gasteiger partial charge in [-0.15, -0.1) is 0 Å². The number of hydrogen-bond donors (Lipinski definition) is 1. The van der Waals surface area contributed by atoms with Crippen molar-refractivity contribution in [3.8, 4) is 5.75 Å². The molecule has 0 aromatic heterocycles. The minimum atomic E-state index is -0.427. The second-order valence-electron chi connectivity index (χ2n) is 5.25.